The van der Waals surface area contributed by atoms with Gasteiger partial charge in [0.05, 0.1) is 11.0 Å². The average molecular weight is 428 g/mol. The van der Waals surface area contributed by atoms with Crippen LogP contribution < -0.4 is 16.3 Å². The zero-order valence-electron chi connectivity index (χ0n) is 15.8. The molecule has 2 amide bonds. The number of carboxylic acids is 1. The molecule has 0 radical (unpaired) electrons. The predicted octanol–water partition coefficient (Wildman–Crippen LogP) is 0.638. The van der Waals surface area contributed by atoms with E-state index < -0.39 is 24.1 Å². The Labute approximate surface area is 167 Å². The van der Waals surface area contributed by atoms with E-state index in [4.69, 9.17) is 9.90 Å². The van der Waals surface area contributed by atoms with Gasteiger partial charge in [0.15, 0.2) is 0 Å². The average Bonchev–Trinajstić information content (AvgIpc) is 2.85. The maximum atomic E-state index is 12.6. The first-order valence-electron chi connectivity index (χ1n) is 9.06. The number of aliphatic carboxylic acids is 1. The summed E-state index contributed by atoms with van der Waals surface area (Å²) in [5, 5.41) is 12.7. The topological polar surface area (TPSA) is 122 Å². The van der Waals surface area contributed by atoms with Crippen LogP contribution in [-0.2, 0) is 21.4 Å². The van der Waals surface area contributed by atoms with Crippen molar-refractivity contribution in [1.82, 2.24) is 19.8 Å². The number of nitrogens with zero attached hydrogens (tertiary/aromatic N) is 2. The SMILES string of the molecule is Cn1c(=O)n(C2CCC(=O)NC2=O)c2ccc(C3CNC3)cc21.O=C(O)C(F)(F)F. The van der Waals surface area contributed by atoms with Crippen molar-refractivity contribution in [1.29, 1.82) is 0 Å². The van der Waals surface area contributed by atoms with E-state index in [1.165, 1.54) is 10.1 Å². The van der Waals surface area contributed by atoms with Crippen molar-refractivity contribution < 1.29 is 32.7 Å². The highest BCUT2D eigenvalue weighted by Gasteiger charge is 2.38. The number of aromatic nitrogens is 2. The Morgan fingerprint density at radius 2 is 1.80 bits per heavy atom. The van der Waals surface area contributed by atoms with Gasteiger partial charge in [0.1, 0.15) is 6.04 Å². The van der Waals surface area contributed by atoms with Crippen LogP contribution in [0.5, 0.6) is 0 Å². The molecule has 0 bridgehead atoms. The molecule has 2 aromatic rings. The van der Waals surface area contributed by atoms with Crippen LogP contribution >= 0.6 is 0 Å². The minimum Gasteiger partial charge on any atom is -0.475 e. The van der Waals surface area contributed by atoms with E-state index in [0.717, 1.165) is 24.1 Å². The van der Waals surface area contributed by atoms with Crippen molar-refractivity contribution in [3.8, 4) is 0 Å². The van der Waals surface area contributed by atoms with Gasteiger partial charge in [-0.1, -0.05) is 6.07 Å². The lowest BCUT2D eigenvalue weighted by Gasteiger charge is -2.27. The maximum absolute atomic E-state index is 12.6. The number of carbonyl (C=O) groups excluding carboxylic acids is 2. The summed E-state index contributed by atoms with van der Waals surface area (Å²) in [6.07, 6.45) is -4.47. The highest BCUT2D eigenvalue weighted by atomic mass is 19.4. The van der Waals surface area contributed by atoms with E-state index >= 15 is 0 Å². The summed E-state index contributed by atoms with van der Waals surface area (Å²) in [5.41, 5.74) is 2.54. The molecular formula is C18H19F3N4O5. The summed E-state index contributed by atoms with van der Waals surface area (Å²) in [6, 6.07) is 5.34. The highest BCUT2D eigenvalue weighted by molar-refractivity contribution is 6.00. The van der Waals surface area contributed by atoms with Gasteiger partial charge in [-0.15, -0.1) is 0 Å². The molecule has 0 saturated carbocycles. The number of alkyl halides is 3. The number of hydrogen-bond acceptors (Lipinski definition) is 5. The van der Waals surface area contributed by atoms with Crippen LogP contribution in [-0.4, -0.2) is 51.3 Å². The van der Waals surface area contributed by atoms with Crippen molar-refractivity contribution in [2.24, 2.45) is 7.05 Å². The molecule has 4 rings (SSSR count). The van der Waals surface area contributed by atoms with Crippen LogP contribution in [0, 0.1) is 0 Å². The van der Waals surface area contributed by atoms with E-state index in [1.54, 1.807) is 11.6 Å². The van der Waals surface area contributed by atoms with Crippen LogP contribution in [0.3, 0.4) is 0 Å². The smallest absolute Gasteiger partial charge is 0.475 e. The number of carboxylic acid groups (broad SMARTS) is 1. The number of imidazole rings is 1. The summed E-state index contributed by atoms with van der Waals surface area (Å²) in [6.45, 7) is 1.90. The van der Waals surface area contributed by atoms with Crippen LogP contribution in [0.1, 0.15) is 30.4 Å². The monoisotopic (exact) mass is 428 g/mol. The van der Waals surface area contributed by atoms with Crippen LogP contribution in [0.25, 0.3) is 11.0 Å². The molecule has 3 N–H and O–H groups in total. The summed E-state index contributed by atoms with van der Waals surface area (Å²) < 4.78 is 34.8. The van der Waals surface area contributed by atoms with Crippen molar-refractivity contribution in [2.75, 3.05) is 13.1 Å². The van der Waals surface area contributed by atoms with Gasteiger partial charge in [0, 0.05) is 32.5 Å². The molecule has 1 atom stereocenters. The van der Waals surface area contributed by atoms with Crippen LogP contribution in [0.4, 0.5) is 13.2 Å². The second-order valence-corrected chi connectivity index (χ2v) is 7.08. The number of benzene rings is 1. The normalized spacial score (nSPS) is 19.7. The molecule has 9 nitrogen and oxygen atoms in total. The third kappa shape index (κ3) is 4.08. The predicted molar refractivity (Wildman–Crippen MR) is 97.9 cm³/mol. The van der Waals surface area contributed by atoms with Gasteiger partial charge in [-0.2, -0.15) is 13.2 Å². The Kier molecular flexibility index (Phi) is 5.70. The summed E-state index contributed by atoms with van der Waals surface area (Å²) in [4.78, 5) is 45.0. The molecule has 2 aliphatic heterocycles. The van der Waals surface area contributed by atoms with Gasteiger partial charge in [-0.25, -0.2) is 9.59 Å². The first-order valence-corrected chi connectivity index (χ1v) is 9.06. The minimum atomic E-state index is -5.08. The second-order valence-electron chi connectivity index (χ2n) is 7.08. The van der Waals surface area contributed by atoms with Gasteiger partial charge in [0.2, 0.25) is 11.8 Å². The Balaban J connectivity index is 0.000000318. The van der Waals surface area contributed by atoms with Gasteiger partial charge in [-0.3, -0.25) is 24.0 Å². The van der Waals surface area contributed by atoms with Crippen molar-refractivity contribution in [2.45, 2.75) is 31.0 Å². The fourth-order valence-corrected chi connectivity index (χ4v) is 3.39. The van der Waals surface area contributed by atoms with E-state index in [-0.39, 0.29) is 18.0 Å². The van der Waals surface area contributed by atoms with Crippen molar-refractivity contribution >= 4 is 28.8 Å². The highest BCUT2D eigenvalue weighted by Crippen LogP contribution is 2.27. The summed E-state index contributed by atoms with van der Waals surface area (Å²) in [5.74, 6) is -2.96. The zero-order valence-corrected chi connectivity index (χ0v) is 15.8. The number of carbonyl (C=O) groups is 3. The van der Waals surface area contributed by atoms with E-state index in [0.29, 0.717) is 12.3 Å². The molecule has 0 spiro atoms. The van der Waals surface area contributed by atoms with Crippen LogP contribution in [0.15, 0.2) is 23.0 Å². The summed E-state index contributed by atoms with van der Waals surface area (Å²) in [7, 11) is 1.72. The van der Waals surface area contributed by atoms with E-state index in [1.807, 2.05) is 18.2 Å². The van der Waals surface area contributed by atoms with E-state index in [9.17, 15) is 27.6 Å². The Hall–Kier alpha value is -3.15. The Morgan fingerprint density at radius 3 is 2.30 bits per heavy atom. The number of amides is 2. The van der Waals surface area contributed by atoms with Gasteiger partial charge in [0.25, 0.3) is 0 Å². The first kappa shape index (κ1) is 21.6. The van der Waals surface area contributed by atoms with Crippen LogP contribution in [0.2, 0.25) is 0 Å². The number of halogens is 3. The maximum Gasteiger partial charge on any atom is 0.490 e. The summed E-state index contributed by atoms with van der Waals surface area (Å²) >= 11 is 0. The molecule has 30 heavy (non-hydrogen) atoms. The van der Waals surface area contributed by atoms with E-state index in [2.05, 4.69) is 10.6 Å². The lowest BCUT2D eigenvalue weighted by atomic mass is 9.93. The lowest BCUT2D eigenvalue weighted by molar-refractivity contribution is -0.192. The number of hydrogen-bond donors (Lipinski definition) is 3. The number of fused-ring (bicyclic) bond motifs is 1. The molecular weight excluding hydrogens is 409 g/mol. The molecule has 1 unspecified atom stereocenters. The fraction of sp³-hybridized carbons (Fsp3) is 0.444. The van der Waals surface area contributed by atoms with Gasteiger partial charge < -0.3 is 10.4 Å². The quantitative estimate of drug-likeness (QED) is 0.604. The Bertz CT molecular complexity index is 1070. The van der Waals surface area contributed by atoms with Gasteiger partial charge in [-0.05, 0) is 24.1 Å². The third-order valence-electron chi connectivity index (χ3n) is 5.13. The third-order valence-corrected chi connectivity index (χ3v) is 5.13. The van der Waals surface area contributed by atoms with Gasteiger partial charge >= 0.3 is 17.8 Å². The molecule has 3 heterocycles. The zero-order chi connectivity index (χ0) is 22.2. The number of imide groups is 1. The van der Waals surface area contributed by atoms with Crippen molar-refractivity contribution in [3.63, 3.8) is 0 Å². The number of aryl methyl sites for hydroxylation is 1. The molecule has 1 aromatic carbocycles. The second kappa shape index (κ2) is 7.94. The first-order chi connectivity index (χ1) is 14.0. The fourth-order valence-electron chi connectivity index (χ4n) is 3.39. The lowest BCUT2D eigenvalue weighted by Crippen LogP contribution is -2.44. The molecule has 12 heteroatoms. The molecule has 1 aromatic heterocycles. The largest absolute Gasteiger partial charge is 0.490 e. The molecule has 2 saturated heterocycles. The number of nitrogens with one attached hydrogen (secondary N) is 2. The van der Waals surface area contributed by atoms with Crippen molar-refractivity contribution in [3.05, 3.63) is 34.2 Å². The molecule has 2 fully saturated rings. The minimum absolute atomic E-state index is 0.224. The number of rotatable bonds is 2. The number of piperidine rings is 1. The molecule has 2 aliphatic rings. The standard InChI is InChI=1S/C16H18N4O3.C2HF3O2/c1-19-13-6-9(10-7-17-8-10)2-3-11(13)20(16(19)23)12-4-5-14(21)18-15(12)22;3-2(4,5)1(6)7/h2-3,6,10,12,17H,4-5,7-8H2,1H3,(H,18,21,22);(H,6,7). The molecule has 162 valence electrons. The molecule has 0 aliphatic carbocycles. The Morgan fingerprint density at radius 1 is 1.17 bits per heavy atom.